The maximum absolute atomic E-state index is 13.9. The van der Waals surface area contributed by atoms with Gasteiger partial charge in [0, 0.05) is 12.2 Å². The molecule has 1 heterocycles. The average molecular weight is 641 g/mol. The lowest BCUT2D eigenvalue weighted by molar-refractivity contribution is -0.158. The van der Waals surface area contributed by atoms with Gasteiger partial charge in [-0.1, -0.05) is 42.5 Å². The van der Waals surface area contributed by atoms with Crippen LogP contribution < -0.4 is 15.0 Å². The Labute approximate surface area is 266 Å². The first-order valence-electron chi connectivity index (χ1n) is 14.9. The zero-order valence-corrected chi connectivity index (χ0v) is 26.8. The first-order chi connectivity index (χ1) is 21.4. The van der Waals surface area contributed by atoms with Gasteiger partial charge in [-0.15, -0.1) is 0 Å². The third-order valence-electron chi connectivity index (χ3n) is 6.89. The highest BCUT2D eigenvalue weighted by molar-refractivity contribution is 5.99. The SMILES string of the molecule is CC(C)(C)OC(=O)NC(CC(=O)N1CCc2cc(OCc3ccc(-c4ccccc4)c(C(F)(F)F)c3)ccc21)C(=O)OC(C)(C)C. The maximum Gasteiger partial charge on any atom is 0.417 e. The van der Waals surface area contributed by atoms with Gasteiger partial charge < -0.3 is 24.4 Å². The highest BCUT2D eigenvalue weighted by Crippen LogP contribution is 2.38. The van der Waals surface area contributed by atoms with Crippen molar-refractivity contribution in [2.24, 2.45) is 0 Å². The number of benzene rings is 3. The minimum Gasteiger partial charge on any atom is -0.489 e. The molecule has 2 amide bonds. The van der Waals surface area contributed by atoms with Gasteiger partial charge in [0.05, 0.1) is 12.0 Å². The van der Waals surface area contributed by atoms with Crippen molar-refractivity contribution in [1.82, 2.24) is 5.32 Å². The van der Waals surface area contributed by atoms with Crippen molar-refractivity contribution < 1.29 is 41.8 Å². The lowest BCUT2D eigenvalue weighted by atomic mass is 9.97. The van der Waals surface area contributed by atoms with Gasteiger partial charge >= 0.3 is 18.2 Å². The average Bonchev–Trinajstić information content (AvgIpc) is 3.37. The Kier molecular flexibility index (Phi) is 10.0. The molecule has 0 bridgehead atoms. The molecule has 11 heteroatoms. The van der Waals surface area contributed by atoms with Crippen molar-refractivity contribution in [3.8, 4) is 16.9 Å². The molecule has 3 aromatic rings. The van der Waals surface area contributed by atoms with Crippen molar-refractivity contribution in [1.29, 1.82) is 0 Å². The number of amides is 2. The summed E-state index contributed by atoms with van der Waals surface area (Å²) in [6, 6.07) is 16.4. The number of alkyl halides is 3. The van der Waals surface area contributed by atoms with Crippen LogP contribution in [0.5, 0.6) is 5.75 Å². The van der Waals surface area contributed by atoms with Crippen LogP contribution in [0.4, 0.5) is 23.7 Å². The van der Waals surface area contributed by atoms with Crippen LogP contribution >= 0.6 is 0 Å². The molecule has 46 heavy (non-hydrogen) atoms. The maximum atomic E-state index is 13.9. The van der Waals surface area contributed by atoms with E-state index in [9.17, 15) is 27.6 Å². The Morgan fingerprint density at radius 1 is 0.870 bits per heavy atom. The molecule has 1 atom stereocenters. The van der Waals surface area contributed by atoms with E-state index in [4.69, 9.17) is 14.2 Å². The molecule has 0 aromatic heterocycles. The topological polar surface area (TPSA) is 94.2 Å². The minimum atomic E-state index is -4.55. The zero-order chi connectivity index (χ0) is 33.9. The zero-order valence-electron chi connectivity index (χ0n) is 26.8. The smallest absolute Gasteiger partial charge is 0.417 e. The molecule has 1 unspecified atom stereocenters. The quantitative estimate of drug-likeness (QED) is 0.257. The standard InChI is InChI=1S/C35H39F3N2O6/c1-33(2,3)45-31(42)28(39-32(43)46-34(4,5)6)20-30(41)40-17-16-24-19-25(13-15-29(24)40)44-21-22-12-14-26(23-10-8-7-9-11-23)27(18-22)35(36,37)38/h7-15,18-19,28H,16-17,20-21H2,1-6H3,(H,39,43). The highest BCUT2D eigenvalue weighted by atomic mass is 19.4. The van der Waals surface area contributed by atoms with E-state index < -0.39 is 47.0 Å². The van der Waals surface area contributed by atoms with Crippen molar-refractivity contribution in [3.05, 3.63) is 83.4 Å². The molecule has 0 fully saturated rings. The Morgan fingerprint density at radius 2 is 1.54 bits per heavy atom. The number of carbonyl (C=O) groups is 3. The predicted octanol–water partition coefficient (Wildman–Crippen LogP) is 7.47. The van der Waals surface area contributed by atoms with Crippen molar-refractivity contribution in [3.63, 3.8) is 0 Å². The number of anilines is 1. The number of ether oxygens (including phenoxy) is 3. The van der Waals surface area contributed by atoms with Crippen LogP contribution in [0.15, 0.2) is 66.7 Å². The fourth-order valence-electron chi connectivity index (χ4n) is 4.98. The van der Waals surface area contributed by atoms with Gasteiger partial charge in [0.1, 0.15) is 29.6 Å². The van der Waals surface area contributed by atoms with Gasteiger partial charge in [-0.2, -0.15) is 13.2 Å². The third kappa shape index (κ3) is 9.24. The minimum absolute atomic E-state index is 0.0898. The molecule has 246 valence electrons. The van der Waals surface area contributed by atoms with Crippen LogP contribution in [0, 0.1) is 0 Å². The normalized spacial score (nSPS) is 13.9. The largest absolute Gasteiger partial charge is 0.489 e. The summed E-state index contributed by atoms with van der Waals surface area (Å²) in [6.07, 6.45) is -5.25. The van der Waals surface area contributed by atoms with Crippen LogP contribution in [0.25, 0.3) is 11.1 Å². The molecule has 0 spiro atoms. The second kappa shape index (κ2) is 13.4. The summed E-state index contributed by atoms with van der Waals surface area (Å²) in [5.41, 5.74) is -0.0644. The monoisotopic (exact) mass is 640 g/mol. The number of hydrogen-bond donors (Lipinski definition) is 1. The van der Waals surface area contributed by atoms with E-state index in [1.165, 1.54) is 11.0 Å². The summed E-state index contributed by atoms with van der Waals surface area (Å²) in [6.45, 7) is 10.3. The van der Waals surface area contributed by atoms with Crippen molar-refractivity contribution in [2.75, 3.05) is 11.4 Å². The summed E-state index contributed by atoms with van der Waals surface area (Å²) in [4.78, 5) is 40.3. The Bertz CT molecular complexity index is 1580. The van der Waals surface area contributed by atoms with Crippen molar-refractivity contribution >= 4 is 23.7 Å². The molecular formula is C35H39F3N2O6. The van der Waals surface area contributed by atoms with E-state index in [0.29, 0.717) is 35.5 Å². The van der Waals surface area contributed by atoms with E-state index >= 15 is 0 Å². The van der Waals surface area contributed by atoms with Crippen LogP contribution in [-0.4, -0.2) is 41.8 Å². The summed E-state index contributed by atoms with van der Waals surface area (Å²) >= 11 is 0. The van der Waals surface area contributed by atoms with Gasteiger partial charge in [0.25, 0.3) is 0 Å². The summed E-state index contributed by atoms with van der Waals surface area (Å²) < 4.78 is 58.4. The molecule has 8 nitrogen and oxygen atoms in total. The van der Waals surface area contributed by atoms with Crippen molar-refractivity contribution in [2.45, 2.75) is 84.4 Å². The summed E-state index contributed by atoms with van der Waals surface area (Å²) in [5.74, 6) is -0.732. The van der Waals surface area contributed by atoms with Gasteiger partial charge in [0.2, 0.25) is 5.91 Å². The molecule has 3 aromatic carbocycles. The fourth-order valence-corrected chi connectivity index (χ4v) is 4.98. The first-order valence-corrected chi connectivity index (χ1v) is 14.9. The molecule has 0 saturated carbocycles. The molecule has 4 rings (SSSR count). The summed E-state index contributed by atoms with van der Waals surface area (Å²) in [7, 11) is 0. The van der Waals surface area contributed by atoms with E-state index in [1.54, 1.807) is 96.1 Å². The number of nitrogens with zero attached hydrogens (tertiary/aromatic N) is 1. The lowest BCUT2D eigenvalue weighted by Crippen LogP contribution is -2.48. The Balaban J connectivity index is 1.45. The molecule has 0 radical (unpaired) electrons. The molecule has 0 aliphatic carbocycles. The first kappa shape index (κ1) is 34.3. The van der Waals surface area contributed by atoms with Gasteiger partial charge in [-0.3, -0.25) is 4.79 Å². The second-order valence-electron chi connectivity index (χ2n) is 13.1. The Hall–Kier alpha value is -4.54. The molecule has 1 aliphatic rings. The van der Waals surface area contributed by atoms with Crippen LogP contribution in [0.2, 0.25) is 0 Å². The summed E-state index contributed by atoms with van der Waals surface area (Å²) in [5, 5.41) is 2.47. The number of nitrogens with one attached hydrogen (secondary N) is 1. The second-order valence-corrected chi connectivity index (χ2v) is 13.1. The molecule has 1 N–H and O–H groups in total. The third-order valence-corrected chi connectivity index (χ3v) is 6.89. The number of fused-ring (bicyclic) bond motifs is 1. The van der Waals surface area contributed by atoms with Gasteiger partial charge in [-0.05, 0) is 94.5 Å². The highest BCUT2D eigenvalue weighted by Gasteiger charge is 2.35. The molecule has 0 saturated heterocycles. The predicted molar refractivity (Wildman–Crippen MR) is 167 cm³/mol. The van der Waals surface area contributed by atoms with E-state index in [2.05, 4.69) is 5.32 Å². The van der Waals surface area contributed by atoms with Gasteiger partial charge in [0.15, 0.2) is 0 Å². The Morgan fingerprint density at radius 3 is 2.17 bits per heavy atom. The van der Waals surface area contributed by atoms with Crippen LogP contribution in [0.3, 0.4) is 0 Å². The van der Waals surface area contributed by atoms with Gasteiger partial charge in [-0.25, -0.2) is 9.59 Å². The van der Waals surface area contributed by atoms with E-state index in [1.807, 2.05) is 0 Å². The number of rotatable bonds is 8. The van der Waals surface area contributed by atoms with E-state index in [-0.39, 0.29) is 18.6 Å². The van der Waals surface area contributed by atoms with Crippen LogP contribution in [-0.2, 0) is 38.3 Å². The van der Waals surface area contributed by atoms with E-state index in [0.717, 1.165) is 11.6 Å². The number of halogens is 3. The molecular weight excluding hydrogens is 601 g/mol. The fraction of sp³-hybridized carbons (Fsp3) is 0.400. The number of hydrogen-bond acceptors (Lipinski definition) is 6. The lowest BCUT2D eigenvalue weighted by Gasteiger charge is -2.27. The molecule has 1 aliphatic heterocycles. The van der Waals surface area contributed by atoms with Crippen LogP contribution in [0.1, 0.15) is 64.7 Å². The number of esters is 1. The number of carbonyl (C=O) groups excluding carboxylic acids is 3. The number of alkyl carbamates (subject to hydrolysis) is 1.